The molecule has 2 amide bonds. The molecule has 0 bridgehead atoms. The van der Waals surface area contributed by atoms with Gasteiger partial charge in [-0.15, -0.1) is 0 Å². The summed E-state index contributed by atoms with van der Waals surface area (Å²) in [5, 5.41) is 15.0. The van der Waals surface area contributed by atoms with Gasteiger partial charge < -0.3 is 20.5 Å². The van der Waals surface area contributed by atoms with E-state index in [4.69, 9.17) is 9.84 Å². The van der Waals surface area contributed by atoms with E-state index in [0.29, 0.717) is 6.42 Å². The lowest BCUT2D eigenvalue weighted by Crippen LogP contribution is -2.47. The van der Waals surface area contributed by atoms with Gasteiger partial charge >= 0.3 is 6.03 Å². The molecule has 1 heterocycles. The van der Waals surface area contributed by atoms with Crippen molar-refractivity contribution in [2.75, 3.05) is 6.61 Å². The molecule has 5 heteroatoms. The Morgan fingerprint density at radius 3 is 2.88 bits per heavy atom. The van der Waals surface area contributed by atoms with Crippen molar-refractivity contribution in [3.63, 3.8) is 0 Å². The van der Waals surface area contributed by atoms with Crippen molar-refractivity contribution in [3.8, 4) is 5.75 Å². The van der Waals surface area contributed by atoms with E-state index < -0.39 is 0 Å². The maximum absolute atomic E-state index is 12.4. The van der Waals surface area contributed by atoms with Crippen LogP contribution in [-0.2, 0) is 0 Å². The predicted molar refractivity (Wildman–Crippen MR) is 93.1 cm³/mol. The van der Waals surface area contributed by atoms with Crippen molar-refractivity contribution in [1.82, 2.24) is 10.6 Å². The number of aliphatic hydroxyl groups is 1. The van der Waals surface area contributed by atoms with E-state index in [2.05, 4.69) is 10.6 Å². The van der Waals surface area contributed by atoms with E-state index in [0.717, 1.165) is 37.0 Å². The van der Waals surface area contributed by atoms with Crippen LogP contribution in [0.25, 0.3) is 0 Å². The highest BCUT2D eigenvalue weighted by Crippen LogP contribution is 2.46. The Morgan fingerprint density at radius 2 is 2.12 bits per heavy atom. The highest BCUT2D eigenvalue weighted by Gasteiger charge is 2.43. The monoisotopic (exact) mass is 332 g/mol. The molecule has 2 unspecified atom stereocenters. The van der Waals surface area contributed by atoms with Crippen molar-refractivity contribution in [1.29, 1.82) is 0 Å². The van der Waals surface area contributed by atoms with Gasteiger partial charge in [0, 0.05) is 24.6 Å². The molecular weight excluding hydrogens is 304 g/mol. The lowest BCUT2D eigenvalue weighted by Gasteiger charge is -2.40. The summed E-state index contributed by atoms with van der Waals surface area (Å²) in [5.41, 5.74) is 0.947. The molecule has 132 valence electrons. The standard InChI is InChI=1S/C19H28N2O3/c1-14(7-6-12-22)20-18(23)21-16-13-19(10-4-5-11-19)24-17-9-3-2-8-15(16)17/h2-3,8-9,14,16,22H,4-7,10-13H2,1H3,(H2,20,21,23). The number of ether oxygens (including phenoxy) is 1. The van der Waals surface area contributed by atoms with Crippen LogP contribution < -0.4 is 15.4 Å². The van der Waals surface area contributed by atoms with Gasteiger partial charge in [0.2, 0.25) is 0 Å². The van der Waals surface area contributed by atoms with E-state index in [1.807, 2.05) is 31.2 Å². The molecule has 1 aromatic rings. The summed E-state index contributed by atoms with van der Waals surface area (Å²) < 4.78 is 6.33. The largest absolute Gasteiger partial charge is 0.487 e. The van der Waals surface area contributed by atoms with Crippen LogP contribution in [0.1, 0.15) is 63.5 Å². The summed E-state index contributed by atoms with van der Waals surface area (Å²) in [4.78, 5) is 12.4. The summed E-state index contributed by atoms with van der Waals surface area (Å²) in [6.07, 6.45) is 6.83. The van der Waals surface area contributed by atoms with Gasteiger partial charge in [-0.25, -0.2) is 4.79 Å². The Morgan fingerprint density at radius 1 is 1.38 bits per heavy atom. The smallest absolute Gasteiger partial charge is 0.315 e. The third-order valence-electron chi connectivity index (χ3n) is 5.19. The van der Waals surface area contributed by atoms with Crippen LogP contribution in [0.5, 0.6) is 5.75 Å². The van der Waals surface area contributed by atoms with Crippen molar-refractivity contribution in [2.24, 2.45) is 0 Å². The molecule has 1 spiro atoms. The summed E-state index contributed by atoms with van der Waals surface area (Å²) in [6, 6.07) is 7.91. The predicted octanol–water partition coefficient (Wildman–Crippen LogP) is 3.28. The topological polar surface area (TPSA) is 70.6 Å². The molecule has 3 N–H and O–H groups in total. The second-order valence-corrected chi connectivity index (χ2v) is 7.17. The summed E-state index contributed by atoms with van der Waals surface area (Å²) in [7, 11) is 0. The van der Waals surface area contributed by atoms with Crippen molar-refractivity contribution in [3.05, 3.63) is 29.8 Å². The number of hydrogen-bond acceptors (Lipinski definition) is 3. The Balaban J connectivity index is 1.68. The number of hydrogen-bond donors (Lipinski definition) is 3. The van der Waals surface area contributed by atoms with Crippen LogP contribution in [0.2, 0.25) is 0 Å². The quantitative estimate of drug-likeness (QED) is 0.775. The highest BCUT2D eigenvalue weighted by atomic mass is 16.5. The molecule has 5 nitrogen and oxygen atoms in total. The van der Waals surface area contributed by atoms with Crippen LogP contribution in [0.4, 0.5) is 4.79 Å². The molecule has 1 saturated carbocycles. The first-order valence-corrected chi connectivity index (χ1v) is 9.08. The van der Waals surface area contributed by atoms with Crippen LogP contribution in [-0.4, -0.2) is 29.4 Å². The Hall–Kier alpha value is -1.75. The molecule has 2 atom stereocenters. The van der Waals surface area contributed by atoms with E-state index in [9.17, 15) is 4.79 Å². The normalized spacial score (nSPS) is 22.5. The molecular formula is C19H28N2O3. The fourth-order valence-corrected chi connectivity index (χ4v) is 3.97. The minimum atomic E-state index is -0.143. The number of para-hydroxylation sites is 1. The number of nitrogens with one attached hydrogen (secondary N) is 2. The third-order valence-corrected chi connectivity index (χ3v) is 5.19. The number of benzene rings is 1. The van der Waals surface area contributed by atoms with E-state index in [1.54, 1.807) is 0 Å². The average molecular weight is 332 g/mol. The minimum Gasteiger partial charge on any atom is -0.487 e. The van der Waals surface area contributed by atoms with Gasteiger partial charge in [-0.05, 0) is 51.5 Å². The molecule has 1 aromatic carbocycles. The second-order valence-electron chi connectivity index (χ2n) is 7.17. The maximum Gasteiger partial charge on any atom is 0.315 e. The molecule has 0 saturated heterocycles. The van der Waals surface area contributed by atoms with Crippen LogP contribution in [0.15, 0.2) is 24.3 Å². The zero-order valence-electron chi connectivity index (χ0n) is 14.4. The number of carbonyl (C=O) groups excluding carboxylic acids is 1. The van der Waals surface area contributed by atoms with Crippen LogP contribution >= 0.6 is 0 Å². The fraction of sp³-hybridized carbons (Fsp3) is 0.632. The first-order chi connectivity index (χ1) is 11.6. The SMILES string of the molecule is CC(CCCO)NC(=O)NC1CC2(CCCC2)Oc2ccccc21. The summed E-state index contributed by atoms with van der Waals surface area (Å²) in [6.45, 7) is 2.12. The third kappa shape index (κ3) is 3.83. The number of aliphatic hydroxyl groups excluding tert-OH is 1. The van der Waals surface area contributed by atoms with Crippen LogP contribution in [0.3, 0.4) is 0 Å². The van der Waals surface area contributed by atoms with Gasteiger partial charge in [-0.1, -0.05) is 18.2 Å². The highest BCUT2D eigenvalue weighted by molar-refractivity contribution is 5.75. The molecule has 3 rings (SSSR count). The molecule has 1 aliphatic carbocycles. The van der Waals surface area contributed by atoms with Gasteiger partial charge in [0.25, 0.3) is 0 Å². The molecule has 1 fully saturated rings. The van der Waals surface area contributed by atoms with Gasteiger partial charge in [-0.3, -0.25) is 0 Å². The van der Waals surface area contributed by atoms with Gasteiger partial charge in [-0.2, -0.15) is 0 Å². The average Bonchev–Trinajstić information content (AvgIpc) is 3.00. The van der Waals surface area contributed by atoms with Gasteiger partial charge in [0.15, 0.2) is 0 Å². The molecule has 24 heavy (non-hydrogen) atoms. The first kappa shape index (κ1) is 17.1. The molecule has 0 radical (unpaired) electrons. The van der Waals surface area contributed by atoms with Crippen LogP contribution in [0, 0.1) is 0 Å². The second kappa shape index (κ2) is 7.43. The number of carbonyl (C=O) groups is 1. The van der Waals surface area contributed by atoms with Gasteiger partial charge in [0.1, 0.15) is 11.4 Å². The van der Waals surface area contributed by atoms with Crippen molar-refractivity contribution < 1.29 is 14.6 Å². The zero-order chi connectivity index (χ0) is 17.0. The molecule has 0 aromatic heterocycles. The van der Waals surface area contributed by atoms with Crippen molar-refractivity contribution in [2.45, 2.75) is 69.6 Å². The fourth-order valence-electron chi connectivity index (χ4n) is 3.97. The summed E-state index contributed by atoms with van der Waals surface area (Å²) in [5.74, 6) is 0.907. The van der Waals surface area contributed by atoms with E-state index in [-0.39, 0.29) is 30.3 Å². The number of amides is 2. The Kier molecular flexibility index (Phi) is 5.29. The number of fused-ring (bicyclic) bond motifs is 1. The van der Waals surface area contributed by atoms with Gasteiger partial charge in [0.05, 0.1) is 6.04 Å². The number of rotatable bonds is 5. The number of urea groups is 1. The molecule has 2 aliphatic rings. The lowest BCUT2D eigenvalue weighted by molar-refractivity contribution is 0.0384. The maximum atomic E-state index is 12.4. The Bertz CT molecular complexity index is 569. The first-order valence-electron chi connectivity index (χ1n) is 9.08. The zero-order valence-corrected chi connectivity index (χ0v) is 14.4. The minimum absolute atomic E-state index is 0.0157. The van der Waals surface area contributed by atoms with E-state index in [1.165, 1.54) is 12.8 Å². The Labute approximate surface area is 143 Å². The van der Waals surface area contributed by atoms with Crippen molar-refractivity contribution >= 4 is 6.03 Å². The molecule has 1 aliphatic heterocycles. The van der Waals surface area contributed by atoms with E-state index >= 15 is 0 Å². The summed E-state index contributed by atoms with van der Waals surface area (Å²) >= 11 is 0. The lowest BCUT2D eigenvalue weighted by atomic mass is 9.86.